The SMILES string of the molecule is Cc1c(-c2ccc3c(c2)CCCO3)c(CC(=O)O)n(C)c(=O)c1-c1ccc(F)c(F)c1. The van der Waals surface area contributed by atoms with Crippen LogP contribution in [0.15, 0.2) is 41.2 Å². The molecule has 31 heavy (non-hydrogen) atoms. The largest absolute Gasteiger partial charge is 0.493 e. The molecule has 0 aliphatic carbocycles. The summed E-state index contributed by atoms with van der Waals surface area (Å²) in [6, 6.07) is 8.93. The predicted octanol–water partition coefficient (Wildman–Crippen LogP) is 4.26. The first-order chi connectivity index (χ1) is 14.8. The summed E-state index contributed by atoms with van der Waals surface area (Å²) in [7, 11) is 1.49. The molecule has 2 aromatic carbocycles. The van der Waals surface area contributed by atoms with E-state index in [1.54, 1.807) is 6.92 Å². The Balaban J connectivity index is 2.02. The maximum atomic E-state index is 13.9. The van der Waals surface area contributed by atoms with Crippen molar-refractivity contribution in [1.29, 1.82) is 0 Å². The maximum Gasteiger partial charge on any atom is 0.309 e. The lowest BCUT2D eigenvalue weighted by molar-refractivity contribution is -0.136. The topological polar surface area (TPSA) is 68.5 Å². The van der Waals surface area contributed by atoms with Gasteiger partial charge in [-0.15, -0.1) is 0 Å². The third-order valence-corrected chi connectivity index (χ3v) is 5.69. The summed E-state index contributed by atoms with van der Waals surface area (Å²) in [5.74, 6) is -2.34. The Morgan fingerprint density at radius 1 is 1.10 bits per heavy atom. The number of carbonyl (C=O) groups is 1. The molecule has 1 aliphatic heterocycles. The lowest BCUT2D eigenvalue weighted by Crippen LogP contribution is -2.26. The van der Waals surface area contributed by atoms with Crippen molar-refractivity contribution in [1.82, 2.24) is 4.57 Å². The van der Waals surface area contributed by atoms with Gasteiger partial charge in [0.05, 0.1) is 18.6 Å². The standard InChI is InChI=1S/C24H21F2NO4/c1-13-22(15-6-8-20-14(10-15)4-3-9-31-20)19(12-21(28)29)27(2)24(30)23(13)16-5-7-17(25)18(26)11-16/h5-8,10-11H,3-4,9,12H2,1-2H3,(H,28,29). The molecule has 7 heteroatoms. The Bertz CT molecular complexity index is 1260. The number of hydrogen-bond acceptors (Lipinski definition) is 3. The van der Waals surface area contributed by atoms with Gasteiger partial charge in [0.2, 0.25) is 0 Å². The van der Waals surface area contributed by atoms with Crippen LogP contribution in [-0.4, -0.2) is 22.2 Å². The highest BCUT2D eigenvalue weighted by Crippen LogP contribution is 2.36. The lowest BCUT2D eigenvalue weighted by atomic mass is 9.89. The van der Waals surface area contributed by atoms with Crippen LogP contribution in [0, 0.1) is 18.6 Å². The minimum atomic E-state index is -1.07. The van der Waals surface area contributed by atoms with Gasteiger partial charge in [0.15, 0.2) is 11.6 Å². The fourth-order valence-corrected chi connectivity index (χ4v) is 4.20. The minimum Gasteiger partial charge on any atom is -0.493 e. The van der Waals surface area contributed by atoms with E-state index in [0.717, 1.165) is 41.9 Å². The van der Waals surface area contributed by atoms with Crippen LogP contribution >= 0.6 is 0 Å². The molecule has 0 fully saturated rings. The van der Waals surface area contributed by atoms with Crippen molar-refractivity contribution in [3.8, 4) is 28.0 Å². The molecule has 0 radical (unpaired) electrons. The maximum absolute atomic E-state index is 13.9. The fraction of sp³-hybridized carbons (Fsp3) is 0.250. The quantitative estimate of drug-likeness (QED) is 0.678. The summed E-state index contributed by atoms with van der Waals surface area (Å²) in [6.07, 6.45) is 1.36. The molecule has 0 spiro atoms. The number of benzene rings is 2. The molecule has 0 saturated heterocycles. The molecule has 3 aromatic rings. The van der Waals surface area contributed by atoms with E-state index < -0.39 is 23.2 Å². The van der Waals surface area contributed by atoms with Crippen LogP contribution in [0.3, 0.4) is 0 Å². The van der Waals surface area contributed by atoms with Crippen LogP contribution in [0.25, 0.3) is 22.3 Å². The number of carboxylic acids is 1. The number of carboxylic acid groups (broad SMARTS) is 1. The number of rotatable bonds is 4. The summed E-state index contributed by atoms with van der Waals surface area (Å²) < 4.78 is 34.3. The van der Waals surface area contributed by atoms with Crippen LogP contribution in [0.2, 0.25) is 0 Å². The number of halogens is 2. The van der Waals surface area contributed by atoms with Crippen molar-refractivity contribution in [2.45, 2.75) is 26.2 Å². The number of aryl methyl sites for hydroxylation is 1. The molecule has 4 rings (SSSR count). The monoisotopic (exact) mass is 425 g/mol. The Hall–Kier alpha value is -3.48. The second-order valence-corrected chi connectivity index (χ2v) is 7.66. The van der Waals surface area contributed by atoms with Crippen LogP contribution in [-0.2, 0) is 24.7 Å². The molecule has 160 valence electrons. The highest BCUT2D eigenvalue weighted by Gasteiger charge is 2.23. The van der Waals surface area contributed by atoms with Gasteiger partial charge in [-0.2, -0.15) is 0 Å². The zero-order valence-electron chi connectivity index (χ0n) is 17.2. The predicted molar refractivity (Wildman–Crippen MR) is 112 cm³/mol. The zero-order chi connectivity index (χ0) is 22.3. The van der Waals surface area contributed by atoms with Crippen molar-refractivity contribution in [3.63, 3.8) is 0 Å². The van der Waals surface area contributed by atoms with E-state index in [1.165, 1.54) is 17.7 Å². The van der Waals surface area contributed by atoms with Gasteiger partial charge in [0.25, 0.3) is 5.56 Å². The summed E-state index contributed by atoms with van der Waals surface area (Å²) in [4.78, 5) is 24.7. The molecular formula is C24H21F2NO4. The van der Waals surface area contributed by atoms with Crippen molar-refractivity contribution in [2.75, 3.05) is 6.61 Å². The van der Waals surface area contributed by atoms with Gasteiger partial charge in [-0.3, -0.25) is 9.59 Å². The molecule has 2 heterocycles. The first kappa shape index (κ1) is 20.8. The Labute approximate surface area is 177 Å². The highest BCUT2D eigenvalue weighted by molar-refractivity contribution is 5.83. The second kappa shape index (κ2) is 7.98. The number of aliphatic carboxylic acids is 1. The average molecular weight is 425 g/mol. The van der Waals surface area contributed by atoms with Crippen LogP contribution < -0.4 is 10.3 Å². The molecule has 0 atom stereocenters. The Morgan fingerprint density at radius 2 is 1.81 bits per heavy atom. The number of nitrogens with zero attached hydrogens (tertiary/aromatic N) is 1. The van der Waals surface area contributed by atoms with Gasteiger partial charge in [-0.05, 0) is 66.3 Å². The fourth-order valence-electron chi connectivity index (χ4n) is 4.20. The number of hydrogen-bond donors (Lipinski definition) is 1. The van der Waals surface area contributed by atoms with E-state index in [-0.39, 0.29) is 17.5 Å². The van der Waals surface area contributed by atoms with Crippen LogP contribution in [0.5, 0.6) is 5.75 Å². The Kier molecular flexibility index (Phi) is 5.35. The van der Waals surface area contributed by atoms with Crippen molar-refractivity contribution >= 4 is 5.97 Å². The molecule has 0 unspecified atom stereocenters. The van der Waals surface area contributed by atoms with E-state index in [0.29, 0.717) is 23.4 Å². The van der Waals surface area contributed by atoms with Gasteiger partial charge >= 0.3 is 5.97 Å². The number of ether oxygens (including phenoxy) is 1. The molecule has 0 saturated carbocycles. The molecule has 1 N–H and O–H groups in total. The van der Waals surface area contributed by atoms with E-state index in [2.05, 4.69) is 0 Å². The van der Waals surface area contributed by atoms with E-state index >= 15 is 0 Å². The molecule has 5 nitrogen and oxygen atoms in total. The number of aromatic nitrogens is 1. The highest BCUT2D eigenvalue weighted by atomic mass is 19.2. The number of fused-ring (bicyclic) bond motifs is 1. The van der Waals surface area contributed by atoms with Gasteiger partial charge in [0.1, 0.15) is 5.75 Å². The summed E-state index contributed by atoms with van der Waals surface area (Å²) in [5.41, 5.74) is 3.19. The lowest BCUT2D eigenvalue weighted by Gasteiger charge is -2.22. The van der Waals surface area contributed by atoms with Crippen molar-refractivity contribution in [3.05, 3.63) is 75.2 Å². The van der Waals surface area contributed by atoms with E-state index in [4.69, 9.17) is 4.74 Å². The van der Waals surface area contributed by atoms with Crippen molar-refractivity contribution in [2.24, 2.45) is 7.05 Å². The van der Waals surface area contributed by atoms with E-state index in [9.17, 15) is 23.5 Å². The van der Waals surface area contributed by atoms with Gasteiger partial charge < -0.3 is 14.4 Å². The second-order valence-electron chi connectivity index (χ2n) is 7.66. The van der Waals surface area contributed by atoms with Crippen molar-refractivity contribution < 1.29 is 23.4 Å². The zero-order valence-corrected chi connectivity index (χ0v) is 17.2. The average Bonchev–Trinajstić information content (AvgIpc) is 2.74. The molecule has 1 aromatic heterocycles. The smallest absolute Gasteiger partial charge is 0.309 e. The van der Waals surface area contributed by atoms with Gasteiger partial charge in [-0.25, -0.2) is 8.78 Å². The Morgan fingerprint density at radius 3 is 2.52 bits per heavy atom. The third-order valence-electron chi connectivity index (χ3n) is 5.69. The molecule has 0 bridgehead atoms. The minimum absolute atomic E-state index is 0.208. The molecule has 0 amide bonds. The van der Waals surface area contributed by atoms with Crippen LogP contribution in [0.4, 0.5) is 8.78 Å². The normalized spacial score (nSPS) is 12.9. The van der Waals surface area contributed by atoms with Gasteiger partial charge in [-0.1, -0.05) is 12.1 Å². The molecule has 1 aliphatic rings. The number of pyridine rings is 1. The summed E-state index contributed by atoms with van der Waals surface area (Å²) in [6.45, 7) is 2.35. The summed E-state index contributed by atoms with van der Waals surface area (Å²) in [5, 5.41) is 9.46. The first-order valence-electron chi connectivity index (χ1n) is 9.93. The van der Waals surface area contributed by atoms with Crippen LogP contribution in [0.1, 0.15) is 23.2 Å². The van der Waals surface area contributed by atoms with E-state index in [1.807, 2.05) is 18.2 Å². The first-order valence-corrected chi connectivity index (χ1v) is 9.93. The van der Waals surface area contributed by atoms with Gasteiger partial charge in [0, 0.05) is 18.3 Å². The summed E-state index contributed by atoms with van der Waals surface area (Å²) >= 11 is 0. The molecular weight excluding hydrogens is 404 g/mol. The third kappa shape index (κ3) is 3.71.